The highest BCUT2D eigenvalue weighted by molar-refractivity contribution is 7.10. The van der Waals surface area contributed by atoms with E-state index in [0.717, 1.165) is 21.6 Å². The van der Waals surface area contributed by atoms with Crippen LogP contribution in [0.4, 0.5) is 9.18 Å². The van der Waals surface area contributed by atoms with Crippen molar-refractivity contribution in [2.24, 2.45) is 0 Å². The molecule has 0 bridgehead atoms. The number of carbonyl (C=O) groups is 1. The van der Waals surface area contributed by atoms with Crippen LogP contribution in [0, 0.1) is 5.82 Å². The molecule has 4 rings (SSSR count). The summed E-state index contributed by atoms with van der Waals surface area (Å²) in [7, 11) is 0. The number of carbonyl (C=O) groups excluding carboxylic acids is 1. The van der Waals surface area contributed by atoms with E-state index in [1.165, 1.54) is 12.1 Å². The van der Waals surface area contributed by atoms with Crippen molar-refractivity contribution in [3.63, 3.8) is 0 Å². The van der Waals surface area contributed by atoms with Crippen molar-refractivity contribution in [3.05, 3.63) is 82.3 Å². The molecule has 0 spiro atoms. The van der Waals surface area contributed by atoms with Gasteiger partial charge in [0.2, 0.25) is 0 Å². The summed E-state index contributed by atoms with van der Waals surface area (Å²) >= 11 is 1.59. The van der Waals surface area contributed by atoms with Gasteiger partial charge in [-0.05, 0) is 60.0 Å². The molecule has 1 aromatic heterocycles. The lowest BCUT2D eigenvalue weighted by molar-refractivity contribution is -0.0658. The molecule has 1 N–H and O–H groups in total. The van der Waals surface area contributed by atoms with Crippen LogP contribution in [0.2, 0.25) is 0 Å². The fourth-order valence-electron chi connectivity index (χ4n) is 4.17. The maximum Gasteiger partial charge on any atom is 0.411 e. The molecule has 1 unspecified atom stereocenters. The van der Waals surface area contributed by atoms with Crippen molar-refractivity contribution >= 4 is 17.4 Å². The Bertz CT molecular complexity index is 1000. The highest BCUT2D eigenvalue weighted by Gasteiger charge is 2.43. The fourth-order valence-corrected chi connectivity index (χ4v) is 5.09. The van der Waals surface area contributed by atoms with Gasteiger partial charge in [0.15, 0.2) is 0 Å². The normalized spacial score (nSPS) is 19.8. The van der Waals surface area contributed by atoms with Gasteiger partial charge < -0.3 is 14.7 Å². The van der Waals surface area contributed by atoms with Crippen LogP contribution in [0.3, 0.4) is 0 Å². The van der Waals surface area contributed by atoms with E-state index in [9.17, 15) is 14.3 Å². The number of aliphatic hydroxyl groups is 1. The van der Waals surface area contributed by atoms with Crippen LogP contribution in [0.15, 0.2) is 66.0 Å². The van der Waals surface area contributed by atoms with Crippen LogP contribution >= 0.6 is 11.3 Å². The number of thiophene rings is 1. The number of hydrogen-bond acceptors (Lipinski definition) is 4. The summed E-state index contributed by atoms with van der Waals surface area (Å²) in [5, 5.41) is 11.3. The minimum absolute atomic E-state index is 0.0746. The minimum Gasteiger partial charge on any atom is -0.437 e. The van der Waals surface area contributed by atoms with E-state index >= 15 is 0 Å². The molecule has 1 aliphatic rings. The number of cyclic esters (lactones) is 1. The highest BCUT2D eigenvalue weighted by Crippen LogP contribution is 2.42. The van der Waals surface area contributed by atoms with E-state index in [1.54, 1.807) is 28.4 Å². The Kier molecular flexibility index (Phi) is 6.39. The van der Waals surface area contributed by atoms with Gasteiger partial charge in [-0.25, -0.2) is 9.18 Å². The van der Waals surface area contributed by atoms with Crippen molar-refractivity contribution in [1.29, 1.82) is 0 Å². The van der Waals surface area contributed by atoms with Gasteiger partial charge in [-0.2, -0.15) is 0 Å². The largest absolute Gasteiger partial charge is 0.437 e. The molecule has 0 radical (unpaired) electrons. The molecule has 1 fully saturated rings. The standard InChI is InChI=1S/C25H26FNO3S/c1-18(19-5-7-20(8-6-19)21-9-11-22(26)12-10-21)27-15-14-25(13-3-16-28,30-24(27)29)23-4-2-17-31-23/h2,4-12,17-18,28H,3,13-16H2,1H3/t18?,25-/m0/s1. The lowest BCUT2D eigenvalue weighted by Gasteiger charge is -2.43. The lowest BCUT2D eigenvalue weighted by atomic mass is 9.89. The molecule has 6 heteroatoms. The zero-order chi connectivity index (χ0) is 21.8. The molecular weight excluding hydrogens is 413 g/mol. The molecule has 0 saturated carbocycles. The third kappa shape index (κ3) is 4.50. The molecule has 4 nitrogen and oxygen atoms in total. The molecule has 31 heavy (non-hydrogen) atoms. The highest BCUT2D eigenvalue weighted by atomic mass is 32.1. The third-order valence-electron chi connectivity index (χ3n) is 6.02. The van der Waals surface area contributed by atoms with Gasteiger partial charge >= 0.3 is 6.09 Å². The summed E-state index contributed by atoms with van der Waals surface area (Å²) in [6.07, 6.45) is 1.57. The molecule has 2 heterocycles. The molecule has 1 aliphatic heterocycles. The Morgan fingerprint density at radius 2 is 1.81 bits per heavy atom. The average molecular weight is 440 g/mol. The van der Waals surface area contributed by atoms with Crippen LogP contribution < -0.4 is 0 Å². The quantitative estimate of drug-likeness (QED) is 0.482. The number of halogens is 1. The summed E-state index contributed by atoms with van der Waals surface area (Å²) < 4.78 is 19.2. The second kappa shape index (κ2) is 9.20. The number of ether oxygens (including phenoxy) is 1. The molecule has 3 aromatic rings. The van der Waals surface area contributed by atoms with Crippen LogP contribution in [-0.4, -0.2) is 29.3 Å². The second-order valence-corrected chi connectivity index (χ2v) is 8.86. The van der Waals surface area contributed by atoms with Crippen molar-refractivity contribution in [1.82, 2.24) is 4.90 Å². The van der Waals surface area contributed by atoms with Gasteiger partial charge in [-0.3, -0.25) is 0 Å². The van der Waals surface area contributed by atoms with Crippen LogP contribution in [-0.2, 0) is 10.3 Å². The maximum atomic E-state index is 13.2. The summed E-state index contributed by atoms with van der Waals surface area (Å²) in [5.41, 5.74) is 2.30. The zero-order valence-corrected chi connectivity index (χ0v) is 18.3. The van der Waals surface area contributed by atoms with Crippen LogP contribution in [0.5, 0.6) is 0 Å². The van der Waals surface area contributed by atoms with Crippen molar-refractivity contribution in [2.45, 2.75) is 37.8 Å². The lowest BCUT2D eigenvalue weighted by Crippen LogP contribution is -2.48. The van der Waals surface area contributed by atoms with E-state index in [0.29, 0.717) is 25.8 Å². The van der Waals surface area contributed by atoms with E-state index in [1.807, 2.05) is 48.7 Å². The Labute approximate surface area is 185 Å². The molecule has 0 aliphatic carbocycles. The van der Waals surface area contributed by atoms with Gasteiger partial charge in [0.25, 0.3) is 0 Å². The first-order chi connectivity index (χ1) is 15.0. The zero-order valence-electron chi connectivity index (χ0n) is 17.5. The SMILES string of the molecule is CC(c1ccc(-c2ccc(F)cc2)cc1)N1CC[C@@](CCCO)(c2cccs2)OC1=O. The van der Waals surface area contributed by atoms with Crippen LogP contribution in [0.1, 0.15) is 42.7 Å². The Morgan fingerprint density at radius 1 is 1.13 bits per heavy atom. The first kappa shape index (κ1) is 21.5. The molecule has 162 valence electrons. The summed E-state index contributed by atoms with van der Waals surface area (Å²) in [5.74, 6) is -0.254. The summed E-state index contributed by atoms with van der Waals surface area (Å²) in [4.78, 5) is 15.8. The smallest absolute Gasteiger partial charge is 0.411 e. The number of rotatable bonds is 7. The van der Waals surface area contributed by atoms with Gasteiger partial charge in [0, 0.05) is 24.4 Å². The van der Waals surface area contributed by atoms with Gasteiger partial charge in [0.1, 0.15) is 11.4 Å². The number of aliphatic hydroxyl groups excluding tert-OH is 1. The predicted octanol–water partition coefficient (Wildman–Crippen LogP) is 6.13. The van der Waals surface area contributed by atoms with Crippen molar-refractivity contribution in [2.75, 3.05) is 13.2 Å². The molecular formula is C25H26FNO3S. The van der Waals surface area contributed by atoms with Crippen LogP contribution in [0.25, 0.3) is 11.1 Å². The van der Waals surface area contributed by atoms with Crippen molar-refractivity contribution in [3.8, 4) is 11.1 Å². The molecule has 1 saturated heterocycles. The Hall–Kier alpha value is -2.70. The van der Waals surface area contributed by atoms with Gasteiger partial charge in [-0.1, -0.05) is 42.5 Å². The first-order valence-corrected chi connectivity index (χ1v) is 11.4. The van der Waals surface area contributed by atoms with E-state index in [4.69, 9.17) is 4.74 Å². The maximum absolute atomic E-state index is 13.2. The van der Waals surface area contributed by atoms with Gasteiger partial charge in [0.05, 0.1) is 6.04 Å². The first-order valence-electron chi connectivity index (χ1n) is 10.5. The van der Waals surface area contributed by atoms with E-state index < -0.39 is 5.60 Å². The topological polar surface area (TPSA) is 49.8 Å². The molecule has 2 aromatic carbocycles. The fraction of sp³-hybridized carbons (Fsp3) is 0.320. The van der Waals surface area contributed by atoms with E-state index in [-0.39, 0.29) is 24.6 Å². The second-order valence-electron chi connectivity index (χ2n) is 7.91. The molecule has 1 amide bonds. The number of nitrogens with zero attached hydrogens (tertiary/aromatic N) is 1. The Morgan fingerprint density at radius 3 is 2.39 bits per heavy atom. The summed E-state index contributed by atoms with van der Waals surface area (Å²) in [6, 6.07) is 18.2. The van der Waals surface area contributed by atoms with Gasteiger partial charge in [-0.15, -0.1) is 11.3 Å². The predicted molar refractivity (Wildman–Crippen MR) is 120 cm³/mol. The monoisotopic (exact) mass is 439 g/mol. The summed E-state index contributed by atoms with van der Waals surface area (Å²) in [6.45, 7) is 2.66. The third-order valence-corrected chi connectivity index (χ3v) is 7.08. The molecule has 2 atom stereocenters. The number of hydrogen-bond donors (Lipinski definition) is 1. The Balaban J connectivity index is 1.49. The van der Waals surface area contributed by atoms with E-state index in [2.05, 4.69) is 0 Å². The number of benzene rings is 2. The van der Waals surface area contributed by atoms with Crippen molar-refractivity contribution < 1.29 is 19.0 Å². The number of amides is 1. The average Bonchev–Trinajstić information content (AvgIpc) is 3.34. The minimum atomic E-state index is -0.656.